The van der Waals surface area contributed by atoms with Crippen LogP contribution in [0.1, 0.15) is 23.4 Å². The van der Waals surface area contributed by atoms with Crippen molar-refractivity contribution in [3.8, 4) is 0 Å². The fourth-order valence-electron chi connectivity index (χ4n) is 2.42. The molecule has 1 aromatic carbocycles. The number of thiophene rings is 1. The number of pyridine rings is 1. The van der Waals surface area contributed by atoms with Crippen molar-refractivity contribution in [2.24, 2.45) is 0 Å². The van der Waals surface area contributed by atoms with Crippen LogP contribution < -0.4 is 5.32 Å². The van der Waals surface area contributed by atoms with E-state index in [0.717, 1.165) is 15.9 Å². The van der Waals surface area contributed by atoms with E-state index in [1.165, 1.54) is 22.2 Å². The first-order valence-corrected chi connectivity index (χ1v) is 9.32. The molecule has 0 bridgehead atoms. The number of thioether (sulfide) groups is 1. The maximum Gasteiger partial charge on any atom is 0.230 e. The lowest BCUT2D eigenvalue weighted by atomic mass is 10.1. The molecule has 3 nitrogen and oxygen atoms in total. The predicted molar refractivity (Wildman–Crippen MR) is 98.1 cm³/mol. The quantitative estimate of drug-likeness (QED) is 0.690. The predicted octanol–water partition coefficient (Wildman–Crippen LogP) is 4.57. The van der Waals surface area contributed by atoms with Crippen molar-refractivity contribution in [1.29, 1.82) is 0 Å². The maximum absolute atomic E-state index is 12.1. The lowest BCUT2D eigenvalue weighted by molar-refractivity contribution is -0.119. The van der Waals surface area contributed by atoms with Crippen molar-refractivity contribution in [2.45, 2.75) is 24.9 Å². The molecular weight excluding hydrogens is 324 g/mol. The van der Waals surface area contributed by atoms with Crippen molar-refractivity contribution >= 4 is 39.9 Å². The molecule has 0 saturated heterocycles. The maximum atomic E-state index is 12.1. The summed E-state index contributed by atoms with van der Waals surface area (Å²) in [6, 6.07) is 14.2. The van der Waals surface area contributed by atoms with Crippen LogP contribution in [0.3, 0.4) is 0 Å². The van der Waals surface area contributed by atoms with Gasteiger partial charge in [-0.05, 0) is 43.0 Å². The number of nitrogens with one attached hydrogen (secondary N) is 1. The summed E-state index contributed by atoms with van der Waals surface area (Å²) in [5.41, 5.74) is 2.16. The van der Waals surface area contributed by atoms with Crippen molar-refractivity contribution in [2.75, 3.05) is 5.75 Å². The summed E-state index contributed by atoms with van der Waals surface area (Å²) in [6.07, 6.45) is 0. The Hall–Kier alpha value is -1.85. The highest BCUT2D eigenvalue weighted by Crippen LogP contribution is 2.24. The molecule has 3 rings (SSSR count). The Morgan fingerprint density at radius 3 is 2.91 bits per heavy atom. The molecule has 2 heterocycles. The number of fused-ring (bicyclic) bond motifs is 1. The lowest BCUT2D eigenvalue weighted by Crippen LogP contribution is -2.27. The van der Waals surface area contributed by atoms with Crippen LogP contribution >= 0.6 is 23.1 Å². The smallest absolute Gasteiger partial charge is 0.230 e. The number of aryl methyl sites for hydroxylation is 1. The summed E-state index contributed by atoms with van der Waals surface area (Å²) in [7, 11) is 0. The van der Waals surface area contributed by atoms with Crippen molar-refractivity contribution < 1.29 is 4.79 Å². The minimum atomic E-state index is 0.0310. The second-order valence-electron chi connectivity index (χ2n) is 5.39. The molecule has 1 N–H and O–H groups in total. The lowest BCUT2D eigenvalue weighted by Gasteiger charge is -2.12. The molecular formula is C18H18N2OS2. The average Bonchev–Trinajstić information content (AvgIpc) is 3.07. The minimum absolute atomic E-state index is 0.0310. The topological polar surface area (TPSA) is 42.0 Å². The van der Waals surface area contributed by atoms with Gasteiger partial charge in [0.1, 0.15) is 0 Å². The van der Waals surface area contributed by atoms with Gasteiger partial charge in [0.15, 0.2) is 0 Å². The Morgan fingerprint density at radius 2 is 2.13 bits per heavy atom. The highest BCUT2D eigenvalue weighted by atomic mass is 32.2. The van der Waals surface area contributed by atoms with E-state index < -0.39 is 0 Å². The summed E-state index contributed by atoms with van der Waals surface area (Å²) in [5.74, 6) is 0.407. The Kier molecular flexibility index (Phi) is 4.98. The molecule has 0 radical (unpaired) electrons. The number of carbonyl (C=O) groups excluding carboxylic acids is 1. The molecule has 5 heteroatoms. The minimum Gasteiger partial charge on any atom is -0.348 e. The normalized spacial score (nSPS) is 12.3. The Balaban J connectivity index is 1.63. The molecule has 3 aromatic rings. The Morgan fingerprint density at radius 1 is 1.30 bits per heavy atom. The molecule has 0 fully saturated rings. The molecule has 1 atom stereocenters. The zero-order valence-corrected chi connectivity index (χ0v) is 14.7. The summed E-state index contributed by atoms with van der Waals surface area (Å²) in [5, 5.41) is 7.10. The van der Waals surface area contributed by atoms with Gasteiger partial charge in [-0.25, -0.2) is 4.98 Å². The number of carbonyl (C=O) groups is 1. The van der Waals surface area contributed by atoms with Gasteiger partial charge >= 0.3 is 0 Å². The molecule has 2 aromatic heterocycles. The molecule has 0 spiro atoms. The van der Waals surface area contributed by atoms with Gasteiger partial charge in [0.2, 0.25) is 5.91 Å². The zero-order valence-electron chi connectivity index (χ0n) is 13.1. The van der Waals surface area contributed by atoms with Crippen LogP contribution in [0.2, 0.25) is 0 Å². The number of rotatable bonds is 5. The molecule has 0 saturated carbocycles. The van der Waals surface area contributed by atoms with Crippen molar-refractivity contribution in [3.63, 3.8) is 0 Å². The number of benzene rings is 1. The third-order valence-electron chi connectivity index (χ3n) is 3.60. The monoisotopic (exact) mass is 342 g/mol. The van der Waals surface area contributed by atoms with E-state index in [4.69, 9.17) is 0 Å². The second-order valence-corrected chi connectivity index (χ2v) is 7.36. The highest BCUT2D eigenvalue weighted by Gasteiger charge is 2.11. The van der Waals surface area contributed by atoms with Gasteiger partial charge in [0.05, 0.1) is 22.3 Å². The zero-order chi connectivity index (χ0) is 16.2. The van der Waals surface area contributed by atoms with Gasteiger partial charge in [-0.2, -0.15) is 0 Å². The van der Waals surface area contributed by atoms with Gasteiger partial charge in [-0.3, -0.25) is 4.79 Å². The van der Waals surface area contributed by atoms with E-state index in [-0.39, 0.29) is 11.9 Å². The van der Waals surface area contributed by atoms with Gasteiger partial charge < -0.3 is 5.32 Å². The number of hydrogen-bond donors (Lipinski definition) is 1. The number of amides is 1. The molecule has 0 aliphatic heterocycles. The standard InChI is InChI=1S/C18H18N2OS2/c1-12-10-18(20-15-7-4-3-6-14(12)15)23-11-17(21)19-13(2)16-8-5-9-22-16/h3-10,13H,11H2,1-2H3,(H,19,21). The van der Waals surface area contributed by atoms with E-state index in [0.29, 0.717) is 5.75 Å². The third kappa shape index (κ3) is 3.92. The molecule has 1 amide bonds. The molecule has 1 unspecified atom stereocenters. The van der Waals surface area contributed by atoms with Gasteiger partial charge in [-0.1, -0.05) is 36.0 Å². The third-order valence-corrected chi connectivity index (χ3v) is 5.56. The van der Waals surface area contributed by atoms with Gasteiger partial charge in [0, 0.05) is 10.3 Å². The van der Waals surface area contributed by atoms with Crippen LogP contribution in [0, 0.1) is 6.92 Å². The summed E-state index contributed by atoms with van der Waals surface area (Å²) in [4.78, 5) is 17.9. The first-order valence-electron chi connectivity index (χ1n) is 7.45. The van der Waals surface area contributed by atoms with Gasteiger partial charge in [0.25, 0.3) is 0 Å². The summed E-state index contributed by atoms with van der Waals surface area (Å²) < 4.78 is 0. The SMILES string of the molecule is Cc1cc(SCC(=O)NC(C)c2cccs2)nc2ccccc12. The van der Waals surface area contributed by atoms with Gasteiger partial charge in [-0.15, -0.1) is 11.3 Å². The molecule has 23 heavy (non-hydrogen) atoms. The molecule has 118 valence electrons. The second kappa shape index (κ2) is 7.15. The number of aromatic nitrogens is 1. The number of hydrogen-bond acceptors (Lipinski definition) is 4. The molecule has 0 aliphatic carbocycles. The largest absolute Gasteiger partial charge is 0.348 e. The highest BCUT2D eigenvalue weighted by molar-refractivity contribution is 7.99. The first-order chi connectivity index (χ1) is 11.1. The Labute approximate surface area is 144 Å². The van der Waals surface area contributed by atoms with E-state index in [1.807, 2.05) is 48.7 Å². The van der Waals surface area contributed by atoms with Crippen molar-refractivity contribution in [3.05, 3.63) is 58.3 Å². The van der Waals surface area contributed by atoms with Crippen LogP contribution in [0.5, 0.6) is 0 Å². The summed E-state index contributed by atoms with van der Waals surface area (Å²) >= 11 is 3.13. The van der Waals surface area contributed by atoms with Crippen LogP contribution in [0.25, 0.3) is 10.9 Å². The van der Waals surface area contributed by atoms with Crippen molar-refractivity contribution in [1.82, 2.24) is 10.3 Å². The van der Waals surface area contributed by atoms with E-state index >= 15 is 0 Å². The number of nitrogens with zero attached hydrogens (tertiary/aromatic N) is 1. The van der Waals surface area contributed by atoms with Crippen LogP contribution in [-0.2, 0) is 4.79 Å². The van der Waals surface area contributed by atoms with E-state index in [1.54, 1.807) is 11.3 Å². The van der Waals surface area contributed by atoms with E-state index in [9.17, 15) is 4.79 Å². The van der Waals surface area contributed by atoms with E-state index in [2.05, 4.69) is 23.3 Å². The van der Waals surface area contributed by atoms with Crippen LogP contribution in [-0.4, -0.2) is 16.6 Å². The molecule has 0 aliphatic rings. The average molecular weight is 342 g/mol. The summed E-state index contributed by atoms with van der Waals surface area (Å²) in [6.45, 7) is 4.08. The Bertz CT molecular complexity index is 815. The van der Waals surface area contributed by atoms with Crippen LogP contribution in [0.4, 0.5) is 0 Å². The van der Waals surface area contributed by atoms with Crippen LogP contribution in [0.15, 0.2) is 52.9 Å². The fraction of sp³-hybridized carbons (Fsp3) is 0.222. The first kappa shape index (κ1) is 16.0. The number of para-hydroxylation sites is 1. The fourth-order valence-corrected chi connectivity index (χ4v) is 3.94.